The van der Waals surface area contributed by atoms with E-state index in [2.05, 4.69) is 20.7 Å². The van der Waals surface area contributed by atoms with Crippen molar-refractivity contribution in [2.75, 3.05) is 38.7 Å². The summed E-state index contributed by atoms with van der Waals surface area (Å²) in [7, 11) is 1.66. The average Bonchev–Trinajstić information content (AvgIpc) is 3.41. The van der Waals surface area contributed by atoms with Gasteiger partial charge in [-0.25, -0.2) is 0 Å². The van der Waals surface area contributed by atoms with E-state index in [0.29, 0.717) is 30.2 Å². The molecule has 5 rings (SSSR count). The number of nitrogens with one attached hydrogen (secondary N) is 2. The van der Waals surface area contributed by atoms with Gasteiger partial charge in [0, 0.05) is 30.8 Å². The highest BCUT2D eigenvalue weighted by Gasteiger charge is 2.41. The van der Waals surface area contributed by atoms with Crippen molar-refractivity contribution >= 4 is 23.2 Å². The van der Waals surface area contributed by atoms with Crippen molar-refractivity contribution in [1.29, 1.82) is 0 Å². The second-order valence-electron chi connectivity index (χ2n) is 8.57. The van der Waals surface area contributed by atoms with Gasteiger partial charge < -0.3 is 30.8 Å². The Kier molecular flexibility index (Phi) is 5.33. The number of hydrogen-bond acceptors (Lipinski definition) is 9. The lowest BCUT2D eigenvalue weighted by Gasteiger charge is -2.39. The minimum absolute atomic E-state index is 0.230. The number of benzene rings is 1. The van der Waals surface area contributed by atoms with Crippen LogP contribution in [0.1, 0.15) is 26.2 Å². The van der Waals surface area contributed by atoms with E-state index in [0.717, 1.165) is 67.8 Å². The van der Waals surface area contributed by atoms with Gasteiger partial charge in [0.25, 0.3) is 0 Å². The summed E-state index contributed by atoms with van der Waals surface area (Å²) in [6.07, 6.45) is 3.24. The molecule has 1 aromatic rings. The van der Waals surface area contributed by atoms with Crippen LogP contribution >= 0.6 is 0 Å². The van der Waals surface area contributed by atoms with Gasteiger partial charge in [-0.2, -0.15) is 5.10 Å². The van der Waals surface area contributed by atoms with Crippen molar-refractivity contribution in [3.8, 4) is 11.5 Å². The minimum Gasteiger partial charge on any atom is -0.493 e. The number of methoxy groups -OCH3 is 1. The van der Waals surface area contributed by atoms with Gasteiger partial charge in [0.15, 0.2) is 23.2 Å². The largest absolute Gasteiger partial charge is 0.493 e. The minimum atomic E-state index is 0.230. The molecule has 4 unspecified atom stereocenters. The van der Waals surface area contributed by atoms with Crippen molar-refractivity contribution < 1.29 is 9.47 Å². The smallest absolute Gasteiger partial charge is 0.169 e. The predicted molar refractivity (Wildman–Crippen MR) is 122 cm³/mol. The van der Waals surface area contributed by atoms with Gasteiger partial charge in [-0.05, 0) is 44.2 Å². The Bertz CT molecular complexity index is 928. The van der Waals surface area contributed by atoms with Crippen LogP contribution in [0.15, 0.2) is 33.3 Å². The zero-order valence-corrected chi connectivity index (χ0v) is 18.2. The summed E-state index contributed by atoms with van der Waals surface area (Å²) in [5, 5.41) is 7.77. The first-order valence-electron chi connectivity index (χ1n) is 11.2. The van der Waals surface area contributed by atoms with Gasteiger partial charge in [-0.3, -0.25) is 9.98 Å². The molecule has 0 amide bonds. The molecule has 1 saturated carbocycles. The topological polar surface area (TPSA) is 109 Å². The molecule has 31 heavy (non-hydrogen) atoms. The van der Waals surface area contributed by atoms with Crippen LogP contribution in [0.5, 0.6) is 11.5 Å². The van der Waals surface area contributed by atoms with Crippen LogP contribution in [0.4, 0.5) is 5.69 Å². The Morgan fingerprint density at radius 3 is 3.03 bits per heavy atom. The SMILES string of the molecule is CCOc1ccc(NC2=NC(C3CCC4C(N)=NNC4C3)CN3CCN=C23)cc1OC. The van der Waals surface area contributed by atoms with E-state index in [9.17, 15) is 0 Å². The second kappa shape index (κ2) is 8.28. The zero-order chi connectivity index (χ0) is 21.4. The number of aliphatic imine (C=N–C) groups is 2. The molecule has 0 radical (unpaired) electrons. The number of amidine groups is 3. The lowest BCUT2D eigenvalue weighted by molar-refractivity contribution is 0.216. The van der Waals surface area contributed by atoms with Crippen molar-refractivity contribution in [2.45, 2.75) is 38.3 Å². The molecule has 3 aliphatic heterocycles. The van der Waals surface area contributed by atoms with E-state index in [1.807, 2.05) is 25.1 Å². The monoisotopic (exact) mass is 425 g/mol. The Hall–Kier alpha value is -2.97. The molecule has 3 heterocycles. The van der Waals surface area contributed by atoms with Gasteiger partial charge in [-0.15, -0.1) is 0 Å². The summed E-state index contributed by atoms with van der Waals surface area (Å²) in [4.78, 5) is 12.2. The van der Waals surface area contributed by atoms with Crippen LogP contribution in [-0.2, 0) is 0 Å². The number of ether oxygens (including phenoxy) is 2. The summed E-state index contributed by atoms with van der Waals surface area (Å²) in [6.45, 7) is 5.25. The first-order chi connectivity index (χ1) is 15.2. The Balaban J connectivity index is 1.36. The molecule has 4 atom stereocenters. The average molecular weight is 426 g/mol. The summed E-state index contributed by atoms with van der Waals surface area (Å²) < 4.78 is 11.1. The van der Waals surface area contributed by atoms with E-state index in [4.69, 9.17) is 25.2 Å². The van der Waals surface area contributed by atoms with Crippen LogP contribution in [0.25, 0.3) is 0 Å². The number of nitrogens with two attached hydrogens (primary N) is 1. The predicted octanol–water partition coefficient (Wildman–Crippen LogP) is 1.66. The summed E-state index contributed by atoms with van der Waals surface area (Å²) in [6, 6.07) is 6.44. The Morgan fingerprint density at radius 2 is 2.19 bits per heavy atom. The molecular formula is C22H31N7O2. The van der Waals surface area contributed by atoms with Crippen LogP contribution in [-0.4, -0.2) is 67.8 Å². The normalized spacial score (nSPS) is 29.2. The second-order valence-corrected chi connectivity index (χ2v) is 8.57. The van der Waals surface area contributed by atoms with Crippen LogP contribution in [0.3, 0.4) is 0 Å². The third-order valence-corrected chi connectivity index (χ3v) is 6.75. The van der Waals surface area contributed by atoms with Crippen molar-refractivity contribution in [3.05, 3.63) is 18.2 Å². The summed E-state index contributed by atoms with van der Waals surface area (Å²) in [5.74, 6) is 4.89. The standard InChI is InChI=1S/C22H31N7O2/c1-3-31-18-7-5-14(11-19(18)30-2)25-21-22-24-8-9-29(22)12-17(26-21)13-4-6-15-16(10-13)27-28-20(15)23/h5,7,11,13,15-17,27H,3-4,6,8-10,12H2,1-2H3,(H2,23,28)(H,25,26). The van der Waals surface area contributed by atoms with Gasteiger partial charge in [0.05, 0.1) is 32.3 Å². The lowest BCUT2D eigenvalue weighted by Crippen LogP contribution is -2.50. The van der Waals surface area contributed by atoms with Crippen LogP contribution in [0.2, 0.25) is 0 Å². The molecule has 0 aromatic heterocycles. The highest BCUT2D eigenvalue weighted by molar-refractivity contribution is 6.45. The first kappa shape index (κ1) is 20.0. The number of hydrogen-bond donors (Lipinski definition) is 3. The molecular weight excluding hydrogens is 394 g/mol. The molecule has 9 nitrogen and oxygen atoms in total. The number of anilines is 1. The third-order valence-electron chi connectivity index (χ3n) is 6.75. The maximum Gasteiger partial charge on any atom is 0.169 e. The van der Waals surface area contributed by atoms with Gasteiger partial charge >= 0.3 is 0 Å². The van der Waals surface area contributed by atoms with E-state index >= 15 is 0 Å². The van der Waals surface area contributed by atoms with E-state index in [1.54, 1.807) is 7.11 Å². The Morgan fingerprint density at radius 1 is 1.29 bits per heavy atom. The molecule has 0 saturated heterocycles. The fourth-order valence-electron chi connectivity index (χ4n) is 5.16. The van der Waals surface area contributed by atoms with Crippen LogP contribution in [0, 0.1) is 11.8 Å². The van der Waals surface area contributed by atoms with Crippen molar-refractivity contribution in [1.82, 2.24) is 10.3 Å². The zero-order valence-electron chi connectivity index (χ0n) is 18.2. The van der Waals surface area contributed by atoms with E-state index < -0.39 is 0 Å². The number of hydrazone groups is 1. The fraction of sp³-hybridized carbons (Fsp3) is 0.591. The van der Waals surface area contributed by atoms with Gasteiger partial charge in [0.1, 0.15) is 5.84 Å². The third kappa shape index (κ3) is 3.77. The molecule has 4 aliphatic rings. The van der Waals surface area contributed by atoms with Gasteiger partial charge in [0.2, 0.25) is 0 Å². The fourth-order valence-corrected chi connectivity index (χ4v) is 5.16. The lowest BCUT2D eigenvalue weighted by atomic mass is 9.75. The molecule has 166 valence electrons. The highest BCUT2D eigenvalue weighted by atomic mass is 16.5. The van der Waals surface area contributed by atoms with Crippen LogP contribution < -0.4 is 25.9 Å². The van der Waals surface area contributed by atoms with E-state index in [1.165, 1.54) is 0 Å². The van der Waals surface area contributed by atoms with Crippen molar-refractivity contribution in [3.63, 3.8) is 0 Å². The molecule has 1 fully saturated rings. The number of fused-ring (bicyclic) bond motifs is 2. The number of nitrogens with zero attached hydrogens (tertiary/aromatic N) is 4. The molecule has 4 N–H and O–H groups in total. The van der Waals surface area contributed by atoms with E-state index in [-0.39, 0.29) is 6.04 Å². The van der Waals surface area contributed by atoms with Crippen molar-refractivity contribution in [2.24, 2.45) is 32.7 Å². The quantitative estimate of drug-likeness (QED) is 0.662. The highest BCUT2D eigenvalue weighted by Crippen LogP contribution is 2.36. The maximum atomic E-state index is 6.05. The summed E-state index contributed by atoms with van der Waals surface area (Å²) in [5.41, 5.74) is 10.2. The number of rotatable bonds is 5. The Labute approximate surface area is 182 Å². The molecule has 0 bridgehead atoms. The first-order valence-corrected chi connectivity index (χ1v) is 11.2. The molecule has 0 spiro atoms. The molecule has 1 aromatic carbocycles. The van der Waals surface area contributed by atoms with Gasteiger partial charge in [-0.1, -0.05) is 0 Å². The maximum absolute atomic E-state index is 6.05. The molecule has 9 heteroatoms. The summed E-state index contributed by atoms with van der Waals surface area (Å²) >= 11 is 0. The molecule has 1 aliphatic carbocycles.